The summed E-state index contributed by atoms with van der Waals surface area (Å²) in [6, 6.07) is -0.475. The number of amides is 3. The van der Waals surface area contributed by atoms with Crippen molar-refractivity contribution in [3.8, 4) is 0 Å². The van der Waals surface area contributed by atoms with Gasteiger partial charge in [0.15, 0.2) is 8.68 Å². The summed E-state index contributed by atoms with van der Waals surface area (Å²) in [4.78, 5) is 22.8. The maximum absolute atomic E-state index is 11.5. The van der Waals surface area contributed by atoms with Gasteiger partial charge in [-0.25, -0.2) is 4.79 Å². The van der Waals surface area contributed by atoms with Crippen molar-refractivity contribution in [2.45, 2.75) is 35.5 Å². The standard InChI is InChI=1S/C10H16N4O2S3/c1-4-17-9-13-14-10(19-9)18-5-7(15)12-8(16)11-6(2)3/h6H,4-5H2,1-3H3,(H2,11,12,15,16). The molecule has 0 saturated heterocycles. The van der Waals surface area contributed by atoms with Gasteiger partial charge < -0.3 is 5.32 Å². The molecule has 2 N–H and O–H groups in total. The predicted octanol–water partition coefficient (Wildman–Crippen LogP) is 1.98. The predicted molar refractivity (Wildman–Crippen MR) is 78.8 cm³/mol. The number of carbonyl (C=O) groups is 2. The minimum Gasteiger partial charge on any atom is -0.336 e. The highest BCUT2D eigenvalue weighted by molar-refractivity contribution is 8.03. The maximum atomic E-state index is 11.5. The van der Waals surface area contributed by atoms with E-state index in [4.69, 9.17) is 0 Å². The lowest BCUT2D eigenvalue weighted by atomic mass is 10.4. The lowest BCUT2D eigenvalue weighted by Crippen LogP contribution is -2.43. The van der Waals surface area contributed by atoms with Crippen LogP contribution in [0.3, 0.4) is 0 Å². The lowest BCUT2D eigenvalue weighted by Gasteiger charge is -2.08. The zero-order valence-electron chi connectivity index (χ0n) is 10.9. The second-order valence-electron chi connectivity index (χ2n) is 3.73. The SMILES string of the molecule is CCSc1nnc(SCC(=O)NC(=O)NC(C)C)s1. The van der Waals surface area contributed by atoms with E-state index in [1.807, 2.05) is 20.8 Å². The number of imide groups is 1. The molecule has 1 rings (SSSR count). The van der Waals surface area contributed by atoms with Gasteiger partial charge in [0.05, 0.1) is 5.75 Å². The van der Waals surface area contributed by atoms with Crippen LogP contribution in [-0.2, 0) is 4.79 Å². The van der Waals surface area contributed by atoms with E-state index < -0.39 is 6.03 Å². The molecule has 0 unspecified atom stereocenters. The van der Waals surface area contributed by atoms with E-state index in [-0.39, 0.29) is 17.7 Å². The number of hydrogen-bond acceptors (Lipinski definition) is 7. The summed E-state index contributed by atoms with van der Waals surface area (Å²) < 4.78 is 1.62. The van der Waals surface area contributed by atoms with Crippen molar-refractivity contribution in [2.24, 2.45) is 0 Å². The fraction of sp³-hybridized carbons (Fsp3) is 0.600. The Morgan fingerprint density at radius 2 is 1.89 bits per heavy atom. The van der Waals surface area contributed by atoms with Crippen LogP contribution in [0.2, 0.25) is 0 Å². The second-order valence-corrected chi connectivity index (χ2v) is 7.44. The Morgan fingerprint density at radius 3 is 2.47 bits per heavy atom. The first-order valence-corrected chi connectivity index (χ1v) is 8.49. The van der Waals surface area contributed by atoms with E-state index in [2.05, 4.69) is 20.8 Å². The first-order valence-electron chi connectivity index (χ1n) is 5.70. The molecule has 9 heteroatoms. The molecule has 0 fully saturated rings. The number of aromatic nitrogens is 2. The Labute approximate surface area is 124 Å². The average Bonchev–Trinajstić information content (AvgIpc) is 2.73. The van der Waals surface area contributed by atoms with Crippen molar-refractivity contribution in [2.75, 3.05) is 11.5 Å². The van der Waals surface area contributed by atoms with Crippen LogP contribution in [0.15, 0.2) is 8.68 Å². The van der Waals surface area contributed by atoms with Gasteiger partial charge >= 0.3 is 6.03 Å². The number of carbonyl (C=O) groups excluding carboxylic acids is 2. The van der Waals surface area contributed by atoms with Crippen molar-refractivity contribution < 1.29 is 9.59 Å². The summed E-state index contributed by atoms with van der Waals surface area (Å²) in [5, 5.41) is 12.8. The van der Waals surface area contributed by atoms with Crippen LogP contribution in [0, 0.1) is 0 Å². The van der Waals surface area contributed by atoms with E-state index in [9.17, 15) is 9.59 Å². The second kappa shape index (κ2) is 8.39. The number of nitrogens with zero attached hydrogens (tertiary/aromatic N) is 2. The first-order chi connectivity index (χ1) is 9.01. The Hall–Kier alpha value is -0.800. The normalized spacial score (nSPS) is 10.5. The number of hydrogen-bond donors (Lipinski definition) is 2. The monoisotopic (exact) mass is 320 g/mol. The van der Waals surface area contributed by atoms with Crippen molar-refractivity contribution in [3.63, 3.8) is 0 Å². The Balaban J connectivity index is 2.31. The zero-order valence-corrected chi connectivity index (χ0v) is 13.4. The van der Waals surface area contributed by atoms with Crippen LogP contribution in [0.4, 0.5) is 4.79 Å². The van der Waals surface area contributed by atoms with Crippen LogP contribution in [0.1, 0.15) is 20.8 Å². The van der Waals surface area contributed by atoms with Crippen molar-refractivity contribution in [3.05, 3.63) is 0 Å². The third kappa shape index (κ3) is 6.79. The van der Waals surface area contributed by atoms with Crippen LogP contribution < -0.4 is 10.6 Å². The molecule has 106 valence electrons. The Kier molecular flexibility index (Phi) is 7.17. The van der Waals surface area contributed by atoms with Crippen LogP contribution in [-0.4, -0.2) is 39.7 Å². The molecule has 0 aliphatic heterocycles. The van der Waals surface area contributed by atoms with Gasteiger partial charge in [0.1, 0.15) is 0 Å². The number of urea groups is 1. The van der Waals surface area contributed by atoms with E-state index in [0.717, 1.165) is 14.4 Å². The van der Waals surface area contributed by atoms with Gasteiger partial charge in [-0.15, -0.1) is 10.2 Å². The first kappa shape index (κ1) is 16.3. The number of rotatable bonds is 6. The molecule has 3 amide bonds. The minimum atomic E-state index is -0.472. The summed E-state index contributed by atoms with van der Waals surface area (Å²) in [6.45, 7) is 5.69. The molecule has 0 aliphatic carbocycles. The van der Waals surface area contributed by atoms with Crippen molar-refractivity contribution in [1.29, 1.82) is 0 Å². The number of nitrogens with one attached hydrogen (secondary N) is 2. The summed E-state index contributed by atoms with van der Waals surface area (Å²) in [5.74, 6) is 0.745. The van der Waals surface area contributed by atoms with E-state index in [0.29, 0.717) is 0 Å². The minimum absolute atomic E-state index is 0.00255. The lowest BCUT2D eigenvalue weighted by molar-refractivity contribution is -0.117. The summed E-state index contributed by atoms with van der Waals surface area (Å²) in [7, 11) is 0. The van der Waals surface area contributed by atoms with Gasteiger partial charge in [-0.1, -0.05) is 41.8 Å². The van der Waals surface area contributed by atoms with E-state index >= 15 is 0 Å². The summed E-state index contributed by atoms with van der Waals surface area (Å²) >= 11 is 4.34. The number of thioether (sulfide) groups is 2. The molecule has 1 aromatic rings. The fourth-order valence-electron chi connectivity index (χ4n) is 1.03. The molecule has 0 atom stereocenters. The highest BCUT2D eigenvalue weighted by Gasteiger charge is 2.11. The highest BCUT2D eigenvalue weighted by Crippen LogP contribution is 2.28. The summed E-state index contributed by atoms with van der Waals surface area (Å²) in [5.41, 5.74) is 0. The molecule has 0 bridgehead atoms. The van der Waals surface area contributed by atoms with Gasteiger partial charge in [-0.05, 0) is 19.6 Å². The summed E-state index contributed by atoms with van der Waals surface area (Å²) in [6.07, 6.45) is 0. The molecule has 0 saturated carbocycles. The highest BCUT2D eigenvalue weighted by atomic mass is 32.2. The van der Waals surface area contributed by atoms with E-state index in [1.165, 1.54) is 23.1 Å². The molecule has 0 spiro atoms. The van der Waals surface area contributed by atoms with Crippen molar-refractivity contribution in [1.82, 2.24) is 20.8 Å². The maximum Gasteiger partial charge on any atom is 0.321 e. The van der Waals surface area contributed by atoms with Crippen LogP contribution in [0.25, 0.3) is 0 Å². The van der Waals surface area contributed by atoms with Crippen LogP contribution >= 0.6 is 34.9 Å². The van der Waals surface area contributed by atoms with Crippen LogP contribution in [0.5, 0.6) is 0 Å². The average molecular weight is 320 g/mol. The Bertz CT molecular complexity index is 436. The molecule has 0 radical (unpaired) electrons. The molecular formula is C10H16N4O2S3. The van der Waals surface area contributed by atoms with Gasteiger partial charge in [-0.2, -0.15) is 0 Å². The van der Waals surface area contributed by atoms with Crippen molar-refractivity contribution >= 4 is 46.8 Å². The molecule has 1 aromatic heterocycles. The molecule has 6 nitrogen and oxygen atoms in total. The third-order valence-electron chi connectivity index (χ3n) is 1.66. The fourth-order valence-corrected chi connectivity index (χ4v) is 3.74. The molecular weight excluding hydrogens is 304 g/mol. The smallest absolute Gasteiger partial charge is 0.321 e. The largest absolute Gasteiger partial charge is 0.336 e. The quantitative estimate of drug-likeness (QED) is 0.780. The van der Waals surface area contributed by atoms with Gasteiger partial charge in [0.2, 0.25) is 5.91 Å². The van der Waals surface area contributed by atoms with Gasteiger partial charge in [-0.3, -0.25) is 10.1 Å². The topological polar surface area (TPSA) is 84.0 Å². The van der Waals surface area contributed by atoms with Gasteiger partial charge in [0, 0.05) is 6.04 Å². The molecule has 0 aromatic carbocycles. The molecule has 1 heterocycles. The van der Waals surface area contributed by atoms with E-state index in [1.54, 1.807) is 11.8 Å². The Morgan fingerprint density at radius 1 is 1.26 bits per heavy atom. The molecule has 19 heavy (non-hydrogen) atoms. The molecule has 0 aliphatic rings. The zero-order chi connectivity index (χ0) is 14.3. The van der Waals surface area contributed by atoms with Gasteiger partial charge in [0.25, 0.3) is 0 Å². The third-order valence-corrected chi connectivity index (χ3v) is 4.73.